The summed E-state index contributed by atoms with van der Waals surface area (Å²) in [6.45, 7) is 1.83. The first kappa shape index (κ1) is 28.2. The molecule has 0 saturated carbocycles. The van der Waals surface area contributed by atoms with E-state index >= 15 is 0 Å². The lowest BCUT2D eigenvalue weighted by Crippen LogP contribution is -2.21. The topological polar surface area (TPSA) is 85.3 Å². The number of aryl methyl sites for hydroxylation is 1. The second kappa shape index (κ2) is 11.1. The molecule has 4 rings (SSSR count). The number of sulfonamides is 1. The molecule has 1 aromatic heterocycles. The molecule has 7 nitrogen and oxygen atoms in total. The molecule has 0 bridgehead atoms. The molecule has 0 aliphatic rings. The Morgan fingerprint density at radius 3 is 2.23 bits per heavy atom. The third-order valence-electron chi connectivity index (χ3n) is 6.44. The minimum absolute atomic E-state index is 0.106. The van der Waals surface area contributed by atoms with Crippen molar-refractivity contribution in [3.05, 3.63) is 95.4 Å². The fraction of sp³-hybridized carbons (Fsp3) is 0.250. The summed E-state index contributed by atoms with van der Waals surface area (Å²) in [6, 6.07) is 15.1. The average molecular weight is 559 g/mol. The molecular weight excluding hydrogens is 529 g/mol. The molecule has 2 N–H and O–H groups in total. The highest BCUT2D eigenvalue weighted by molar-refractivity contribution is 7.89. The number of rotatable bonds is 9. The van der Waals surface area contributed by atoms with Crippen LogP contribution < -0.4 is 14.8 Å². The van der Waals surface area contributed by atoms with Gasteiger partial charge in [0.05, 0.1) is 29.6 Å². The molecule has 0 aliphatic carbocycles. The van der Waals surface area contributed by atoms with E-state index in [4.69, 9.17) is 4.74 Å². The molecule has 39 heavy (non-hydrogen) atoms. The van der Waals surface area contributed by atoms with Crippen LogP contribution in [0.1, 0.15) is 35.2 Å². The second-order valence-electron chi connectivity index (χ2n) is 9.11. The van der Waals surface area contributed by atoms with E-state index in [0.717, 1.165) is 17.7 Å². The van der Waals surface area contributed by atoms with Crippen molar-refractivity contribution < 1.29 is 26.3 Å². The van der Waals surface area contributed by atoms with Gasteiger partial charge in [0.2, 0.25) is 10.0 Å². The van der Waals surface area contributed by atoms with E-state index in [1.807, 2.05) is 26.1 Å². The molecule has 0 aliphatic heterocycles. The number of methoxy groups -OCH3 is 1. The molecule has 0 radical (unpaired) electrons. The van der Waals surface area contributed by atoms with Gasteiger partial charge in [0.1, 0.15) is 5.75 Å². The Morgan fingerprint density at radius 2 is 1.69 bits per heavy atom. The van der Waals surface area contributed by atoms with Gasteiger partial charge in [-0.2, -0.15) is 13.2 Å². The summed E-state index contributed by atoms with van der Waals surface area (Å²) in [7, 11) is 0.887. The molecule has 11 heteroatoms. The van der Waals surface area contributed by atoms with Gasteiger partial charge in [0.15, 0.2) is 0 Å². The largest absolute Gasteiger partial charge is 0.497 e. The number of anilines is 1. The number of hydrogen-bond acceptors (Lipinski definition) is 5. The number of aromatic nitrogens is 2. The van der Waals surface area contributed by atoms with Gasteiger partial charge in [-0.05, 0) is 73.5 Å². The van der Waals surface area contributed by atoms with Gasteiger partial charge < -0.3 is 14.6 Å². The lowest BCUT2D eigenvalue weighted by atomic mass is 9.95. The lowest BCUT2D eigenvalue weighted by Gasteiger charge is -2.22. The SMILES string of the molecule is CNS(=O)(=O)c1ccc(N[C@H](C)c2ccc(C(F)(F)F)cc2)c(-c2cn(C)cn2)c1Cc1ccc(OC)cc1. The first-order chi connectivity index (χ1) is 18.4. The number of imidazole rings is 1. The van der Waals surface area contributed by atoms with Crippen LogP contribution in [0.15, 0.2) is 78.1 Å². The molecule has 0 unspecified atom stereocenters. The van der Waals surface area contributed by atoms with Crippen LogP contribution in [-0.2, 0) is 29.7 Å². The predicted molar refractivity (Wildman–Crippen MR) is 144 cm³/mol. The first-order valence-corrected chi connectivity index (χ1v) is 13.6. The van der Waals surface area contributed by atoms with E-state index in [2.05, 4.69) is 15.0 Å². The Bertz CT molecular complexity index is 1550. The zero-order chi connectivity index (χ0) is 28.4. The summed E-state index contributed by atoms with van der Waals surface area (Å²) in [5.41, 5.74) is 3.03. The fourth-order valence-corrected chi connectivity index (χ4v) is 5.31. The Morgan fingerprint density at radius 1 is 1.03 bits per heavy atom. The van der Waals surface area contributed by atoms with Gasteiger partial charge in [-0.1, -0.05) is 24.3 Å². The van der Waals surface area contributed by atoms with Crippen LogP contribution in [0.4, 0.5) is 18.9 Å². The maximum atomic E-state index is 13.1. The smallest absolute Gasteiger partial charge is 0.416 e. The van der Waals surface area contributed by atoms with Crippen LogP contribution in [0.3, 0.4) is 0 Å². The minimum atomic E-state index is -4.42. The number of benzene rings is 3. The van der Waals surface area contributed by atoms with Gasteiger partial charge >= 0.3 is 6.18 Å². The molecule has 1 heterocycles. The summed E-state index contributed by atoms with van der Waals surface area (Å²) in [6.07, 6.45) is -0.742. The molecule has 1 atom stereocenters. The normalized spacial score (nSPS) is 12.8. The summed E-state index contributed by atoms with van der Waals surface area (Å²) in [4.78, 5) is 4.61. The van der Waals surface area contributed by atoms with E-state index < -0.39 is 27.8 Å². The van der Waals surface area contributed by atoms with Crippen molar-refractivity contribution in [2.75, 3.05) is 19.5 Å². The summed E-state index contributed by atoms with van der Waals surface area (Å²) in [5.74, 6) is 0.674. The van der Waals surface area contributed by atoms with E-state index in [-0.39, 0.29) is 11.3 Å². The van der Waals surface area contributed by atoms with Gasteiger partial charge in [0, 0.05) is 30.5 Å². The number of nitrogens with zero attached hydrogens (tertiary/aromatic N) is 2. The van der Waals surface area contributed by atoms with Crippen molar-refractivity contribution in [3.63, 3.8) is 0 Å². The fourth-order valence-electron chi connectivity index (χ4n) is 4.35. The van der Waals surface area contributed by atoms with Crippen molar-refractivity contribution in [1.82, 2.24) is 14.3 Å². The standard InChI is InChI=1S/C28H29F3N4O3S/c1-18(20-7-9-21(10-8-20)28(29,30)31)34-24-13-14-26(39(36,37)32-2)23(27(24)25-16-35(3)17-33-25)15-19-5-11-22(38-4)12-6-19/h5-14,16-18,32,34H,15H2,1-4H3/t18-/m1/s1. The molecule has 0 fully saturated rings. The van der Waals surface area contributed by atoms with Crippen molar-refractivity contribution in [2.45, 2.75) is 30.5 Å². The van der Waals surface area contributed by atoms with Gasteiger partial charge in [-0.25, -0.2) is 18.1 Å². The predicted octanol–water partition coefficient (Wildman–Crippen LogP) is 5.79. The number of ether oxygens (including phenoxy) is 1. The highest BCUT2D eigenvalue weighted by Crippen LogP contribution is 2.38. The summed E-state index contributed by atoms with van der Waals surface area (Å²) >= 11 is 0. The van der Waals surface area contributed by atoms with E-state index in [1.54, 1.807) is 42.4 Å². The van der Waals surface area contributed by atoms with Crippen molar-refractivity contribution >= 4 is 15.7 Å². The molecule has 4 aromatic rings. The average Bonchev–Trinajstić information content (AvgIpc) is 3.34. The zero-order valence-electron chi connectivity index (χ0n) is 21.9. The van der Waals surface area contributed by atoms with Crippen LogP contribution >= 0.6 is 0 Å². The summed E-state index contributed by atoms with van der Waals surface area (Å²) < 4.78 is 74.8. The maximum absolute atomic E-state index is 13.1. The third-order valence-corrected chi connectivity index (χ3v) is 7.94. The quantitative estimate of drug-likeness (QED) is 0.272. The molecule has 0 spiro atoms. The van der Waals surface area contributed by atoms with Gasteiger partial charge in [-0.3, -0.25) is 0 Å². The number of nitrogens with one attached hydrogen (secondary N) is 2. The van der Waals surface area contributed by atoms with Crippen molar-refractivity contribution in [2.24, 2.45) is 7.05 Å². The van der Waals surface area contributed by atoms with Gasteiger partial charge in [0.25, 0.3) is 0 Å². The monoisotopic (exact) mass is 558 g/mol. The number of hydrogen-bond donors (Lipinski definition) is 2. The van der Waals surface area contributed by atoms with Gasteiger partial charge in [-0.15, -0.1) is 0 Å². The van der Waals surface area contributed by atoms with Crippen LogP contribution in [-0.4, -0.2) is 32.1 Å². The van der Waals surface area contributed by atoms with E-state index in [1.165, 1.54) is 25.2 Å². The Labute approximate surface area is 225 Å². The minimum Gasteiger partial charge on any atom is -0.497 e. The zero-order valence-corrected chi connectivity index (χ0v) is 22.7. The van der Waals surface area contributed by atoms with Crippen molar-refractivity contribution in [3.8, 4) is 17.0 Å². The van der Waals surface area contributed by atoms with Crippen LogP contribution in [0, 0.1) is 0 Å². The van der Waals surface area contributed by atoms with E-state index in [9.17, 15) is 21.6 Å². The maximum Gasteiger partial charge on any atom is 0.416 e. The number of alkyl halides is 3. The molecule has 206 valence electrons. The van der Waals surface area contributed by atoms with Crippen LogP contribution in [0.25, 0.3) is 11.3 Å². The highest BCUT2D eigenvalue weighted by atomic mass is 32.2. The van der Waals surface area contributed by atoms with Crippen molar-refractivity contribution in [1.29, 1.82) is 0 Å². The molecular formula is C28H29F3N4O3S. The second-order valence-corrected chi connectivity index (χ2v) is 11.0. The molecule has 0 saturated heterocycles. The molecule has 0 amide bonds. The van der Waals surface area contributed by atoms with Crippen LogP contribution in [0.5, 0.6) is 5.75 Å². The molecule has 3 aromatic carbocycles. The Kier molecular flexibility index (Phi) is 8.03. The Hall–Kier alpha value is -3.83. The van der Waals surface area contributed by atoms with E-state index in [0.29, 0.717) is 33.8 Å². The first-order valence-electron chi connectivity index (χ1n) is 12.1. The highest BCUT2D eigenvalue weighted by Gasteiger charge is 2.30. The number of halogens is 3. The Balaban J connectivity index is 1.84. The third kappa shape index (κ3) is 6.26. The lowest BCUT2D eigenvalue weighted by molar-refractivity contribution is -0.137. The van der Waals surface area contributed by atoms with Crippen LogP contribution in [0.2, 0.25) is 0 Å². The summed E-state index contributed by atoms with van der Waals surface area (Å²) in [5, 5.41) is 3.37.